The molecule has 0 saturated carbocycles. The van der Waals surface area contributed by atoms with Gasteiger partial charge in [-0.15, -0.1) is 0 Å². The van der Waals surface area contributed by atoms with Crippen molar-refractivity contribution < 1.29 is 15.4 Å². The lowest BCUT2D eigenvalue weighted by molar-refractivity contribution is 0.319. The molecule has 0 aliphatic carbocycles. The standard InChI is InChI=1S/C13H10BrNO3/c14-8-5-6-12(17)10(7-8)13(15-18)9-3-1-2-4-11(9)16/h1-7,16-18H/b15-13-. The van der Waals surface area contributed by atoms with Crippen molar-refractivity contribution in [1.29, 1.82) is 0 Å². The zero-order valence-electron chi connectivity index (χ0n) is 9.21. The number of phenolic OH excluding ortho intramolecular Hbond substituents is 2. The van der Waals surface area contributed by atoms with Gasteiger partial charge in [0.05, 0.1) is 0 Å². The van der Waals surface area contributed by atoms with Gasteiger partial charge in [0.2, 0.25) is 0 Å². The summed E-state index contributed by atoms with van der Waals surface area (Å²) in [6.07, 6.45) is 0. The molecule has 0 bridgehead atoms. The first kappa shape index (κ1) is 12.4. The van der Waals surface area contributed by atoms with Gasteiger partial charge in [0.25, 0.3) is 0 Å². The summed E-state index contributed by atoms with van der Waals surface area (Å²) in [7, 11) is 0. The Morgan fingerprint density at radius 1 is 0.944 bits per heavy atom. The van der Waals surface area contributed by atoms with E-state index in [1.54, 1.807) is 30.3 Å². The molecule has 0 fully saturated rings. The quantitative estimate of drug-likeness (QED) is 0.453. The lowest BCUT2D eigenvalue weighted by Crippen LogP contribution is -2.04. The number of benzene rings is 2. The predicted octanol–water partition coefficient (Wildman–Crippen LogP) is 3.09. The van der Waals surface area contributed by atoms with Crippen molar-refractivity contribution in [3.63, 3.8) is 0 Å². The second-order valence-corrected chi connectivity index (χ2v) is 4.54. The molecule has 92 valence electrons. The number of aromatic hydroxyl groups is 2. The van der Waals surface area contributed by atoms with Crippen LogP contribution in [-0.4, -0.2) is 21.1 Å². The summed E-state index contributed by atoms with van der Waals surface area (Å²) < 4.78 is 0.729. The van der Waals surface area contributed by atoms with E-state index < -0.39 is 0 Å². The third kappa shape index (κ3) is 2.31. The van der Waals surface area contributed by atoms with Crippen LogP contribution in [0.1, 0.15) is 11.1 Å². The summed E-state index contributed by atoms with van der Waals surface area (Å²) in [4.78, 5) is 0. The van der Waals surface area contributed by atoms with Crippen molar-refractivity contribution >= 4 is 21.6 Å². The number of para-hydroxylation sites is 1. The second-order valence-electron chi connectivity index (χ2n) is 3.63. The average molecular weight is 308 g/mol. The van der Waals surface area contributed by atoms with Gasteiger partial charge in [-0.1, -0.05) is 33.2 Å². The minimum atomic E-state index is -0.0331. The highest BCUT2D eigenvalue weighted by Crippen LogP contribution is 2.28. The fourth-order valence-corrected chi connectivity index (χ4v) is 1.99. The molecule has 2 aromatic carbocycles. The molecule has 0 unspecified atom stereocenters. The van der Waals surface area contributed by atoms with E-state index in [1.165, 1.54) is 12.1 Å². The Hall–Kier alpha value is -2.01. The van der Waals surface area contributed by atoms with Crippen LogP contribution in [0.25, 0.3) is 0 Å². The third-order valence-electron chi connectivity index (χ3n) is 2.47. The molecule has 0 aromatic heterocycles. The van der Waals surface area contributed by atoms with Gasteiger partial charge in [0, 0.05) is 15.6 Å². The Kier molecular flexibility index (Phi) is 3.53. The van der Waals surface area contributed by atoms with Gasteiger partial charge in [0.15, 0.2) is 0 Å². The molecule has 2 rings (SSSR count). The van der Waals surface area contributed by atoms with Gasteiger partial charge >= 0.3 is 0 Å². The number of hydrogen-bond donors (Lipinski definition) is 3. The summed E-state index contributed by atoms with van der Waals surface area (Å²) in [5.41, 5.74) is 0.772. The van der Waals surface area contributed by atoms with Crippen molar-refractivity contribution in [2.45, 2.75) is 0 Å². The molecule has 0 aliphatic rings. The highest BCUT2D eigenvalue weighted by Gasteiger charge is 2.15. The topological polar surface area (TPSA) is 73.1 Å². The Labute approximate surface area is 112 Å². The Balaban J connectivity index is 2.60. The van der Waals surface area contributed by atoms with E-state index in [0.717, 1.165) is 4.47 Å². The van der Waals surface area contributed by atoms with Gasteiger partial charge < -0.3 is 15.4 Å². The highest BCUT2D eigenvalue weighted by molar-refractivity contribution is 9.10. The van der Waals surface area contributed by atoms with Crippen LogP contribution in [0.3, 0.4) is 0 Å². The number of phenols is 2. The molecule has 0 saturated heterocycles. The van der Waals surface area contributed by atoms with Crippen LogP contribution < -0.4 is 0 Å². The van der Waals surface area contributed by atoms with E-state index in [0.29, 0.717) is 11.1 Å². The minimum absolute atomic E-state index is 0.0234. The lowest BCUT2D eigenvalue weighted by atomic mass is 10.0. The van der Waals surface area contributed by atoms with E-state index >= 15 is 0 Å². The van der Waals surface area contributed by atoms with E-state index in [9.17, 15) is 10.2 Å². The van der Waals surface area contributed by atoms with E-state index in [2.05, 4.69) is 21.1 Å². The fraction of sp³-hybridized carbons (Fsp3) is 0. The van der Waals surface area contributed by atoms with E-state index in [-0.39, 0.29) is 17.2 Å². The molecule has 2 aromatic rings. The minimum Gasteiger partial charge on any atom is -0.507 e. The van der Waals surface area contributed by atoms with Crippen LogP contribution in [-0.2, 0) is 0 Å². The maximum atomic E-state index is 9.79. The van der Waals surface area contributed by atoms with Crippen molar-refractivity contribution in [3.05, 3.63) is 58.1 Å². The van der Waals surface area contributed by atoms with Crippen molar-refractivity contribution in [3.8, 4) is 11.5 Å². The van der Waals surface area contributed by atoms with E-state index in [1.807, 2.05) is 0 Å². The number of rotatable bonds is 2. The molecule has 0 aliphatic heterocycles. The predicted molar refractivity (Wildman–Crippen MR) is 71.3 cm³/mol. The van der Waals surface area contributed by atoms with E-state index in [4.69, 9.17) is 5.21 Å². The Bertz CT molecular complexity index is 611. The zero-order valence-corrected chi connectivity index (χ0v) is 10.8. The number of halogens is 1. The van der Waals surface area contributed by atoms with Crippen LogP contribution in [0.5, 0.6) is 11.5 Å². The Morgan fingerprint density at radius 2 is 1.61 bits per heavy atom. The maximum Gasteiger partial charge on any atom is 0.125 e. The lowest BCUT2D eigenvalue weighted by Gasteiger charge is -2.09. The van der Waals surface area contributed by atoms with Gasteiger partial charge in [-0.25, -0.2) is 0 Å². The van der Waals surface area contributed by atoms with Gasteiger partial charge in [-0.2, -0.15) is 0 Å². The normalized spacial score (nSPS) is 11.5. The van der Waals surface area contributed by atoms with Crippen LogP contribution in [0.15, 0.2) is 52.1 Å². The molecule has 0 heterocycles. The molecular weight excluding hydrogens is 298 g/mol. The van der Waals surface area contributed by atoms with Gasteiger partial charge in [0.1, 0.15) is 17.2 Å². The smallest absolute Gasteiger partial charge is 0.125 e. The number of nitrogens with zero attached hydrogens (tertiary/aromatic N) is 1. The monoisotopic (exact) mass is 307 g/mol. The van der Waals surface area contributed by atoms with Crippen LogP contribution in [0, 0.1) is 0 Å². The molecule has 0 amide bonds. The third-order valence-corrected chi connectivity index (χ3v) is 2.97. The second kappa shape index (κ2) is 5.10. The molecular formula is C13H10BrNO3. The molecule has 0 radical (unpaired) electrons. The van der Waals surface area contributed by atoms with Crippen molar-refractivity contribution in [2.75, 3.05) is 0 Å². The highest BCUT2D eigenvalue weighted by atomic mass is 79.9. The first-order valence-electron chi connectivity index (χ1n) is 5.13. The molecule has 4 nitrogen and oxygen atoms in total. The van der Waals surface area contributed by atoms with Crippen LogP contribution in [0.2, 0.25) is 0 Å². The zero-order chi connectivity index (χ0) is 13.1. The summed E-state index contributed by atoms with van der Waals surface area (Å²) in [6, 6.07) is 11.2. The SMILES string of the molecule is O/N=C(/c1ccccc1O)c1cc(Br)ccc1O. The molecule has 5 heteroatoms. The summed E-state index contributed by atoms with van der Waals surface area (Å²) in [6.45, 7) is 0. The molecule has 0 spiro atoms. The maximum absolute atomic E-state index is 9.79. The number of oxime groups is 1. The van der Waals surface area contributed by atoms with Gasteiger partial charge in [-0.3, -0.25) is 0 Å². The fourth-order valence-electron chi connectivity index (χ4n) is 1.62. The van der Waals surface area contributed by atoms with Crippen molar-refractivity contribution in [2.24, 2.45) is 5.16 Å². The molecule has 0 atom stereocenters. The number of hydrogen-bond acceptors (Lipinski definition) is 4. The summed E-state index contributed by atoms with van der Waals surface area (Å²) >= 11 is 3.27. The summed E-state index contributed by atoms with van der Waals surface area (Å²) in [5, 5.41) is 31.8. The largest absolute Gasteiger partial charge is 0.507 e. The average Bonchev–Trinajstić information content (AvgIpc) is 2.36. The van der Waals surface area contributed by atoms with Gasteiger partial charge in [-0.05, 0) is 30.3 Å². The first-order chi connectivity index (χ1) is 8.63. The van der Waals surface area contributed by atoms with Crippen LogP contribution in [0.4, 0.5) is 0 Å². The Morgan fingerprint density at radius 3 is 2.28 bits per heavy atom. The first-order valence-corrected chi connectivity index (χ1v) is 5.92. The van der Waals surface area contributed by atoms with Crippen molar-refractivity contribution in [1.82, 2.24) is 0 Å². The molecule has 3 N–H and O–H groups in total. The van der Waals surface area contributed by atoms with Crippen LogP contribution >= 0.6 is 15.9 Å². The summed E-state index contributed by atoms with van der Waals surface area (Å²) in [5.74, 6) is -0.0565. The molecule has 18 heavy (non-hydrogen) atoms.